The van der Waals surface area contributed by atoms with Crippen LogP contribution in [0.2, 0.25) is 0 Å². The Morgan fingerprint density at radius 3 is 2.38 bits per heavy atom. The Bertz CT molecular complexity index is 800. The third-order valence-electron chi connectivity index (χ3n) is 3.86. The third-order valence-corrected chi connectivity index (χ3v) is 3.86. The number of nitrogens with zero attached hydrogens (tertiary/aromatic N) is 1. The van der Waals surface area contributed by atoms with Crippen LogP contribution in [0.1, 0.15) is 29.3 Å². The Morgan fingerprint density at radius 2 is 1.77 bits per heavy atom. The molecule has 136 valence electrons. The van der Waals surface area contributed by atoms with Gasteiger partial charge in [0.1, 0.15) is 0 Å². The van der Waals surface area contributed by atoms with Gasteiger partial charge in [0.2, 0.25) is 11.8 Å². The second kappa shape index (κ2) is 8.80. The molecule has 0 radical (unpaired) electrons. The molecule has 0 spiro atoms. The van der Waals surface area contributed by atoms with Crippen LogP contribution in [0.4, 0.5) is 11.4 Å². The summed E-state index contributed by atoms with van der Waals surface area (Å²) in [6.45, 7) is 3.60. The van der Waals surface area contributed by atoms with E-state index < -0.39 is 5.97 Å². The predicted molar refractivity (Wildman–Crippen MR) is 100 cm³/mol. The normalized spacial score (nSPS) is 10.1. The molecule has 2 amide bonds. The molecule has 0 heterocycles. The fraction of sp³-hybridized carbons (Fsp3) is 0.250. The molecule has 2 aromatic rings. The van der Waals surface area contributed by atoms with Crippen LogP contribution >= 0.6 is 0 Å². The van der Waals surface area contributed by atoms with Crippen LogP contribution in [0.15, 0.2) is 48.5 Å². The van der Waals surface area contributed by atoms with E-state index in [4.69, 9.17) is 4.74 Å². The minimum Gasteiger partial charge on any atom is -0.465 e. The Kier molecular flexibility index (Phi) is 6.49. The van der Waals surface area contributed by atoms with Crippen molar-refractivity contribution < 1.29 is 19.1 Å². The Hall–Kier alpha value is -3.15. The van der Waals surface area contributed by atoms with Gasteiger partial charge in [-0.3, -0.25) is 9.59 Å². The maximum atomic E-state index is 12.2. The highest BCUT2D eigenvalue weighted by Gasteiger charge is 2.15. The highest BCUT2D eigenvalue weighted by atomic mass is 16.5. The summed E-state index contributed by atoms with van der Waals surface area (Å²) in [5.41, 5.74) is 2.71. The van der Waals surface area contributed by atoms with Crippen molar-refractivity contribution >= 4 is 29.2 Å². The molecule has 0 bridgehead atoms. The molecule has 0 aromatic heterocycles. The lowest BCUT2D eigenvalue weighted by Crippen LogP contribution is -2.32. The second-order valence-electron chi connectivity index (χ2n) is 5.88. The number of carbonyl (C=O) groups excluding carboxylic acids is 3. The number of benzene rings is 2. The number of aryl methyl sites for hydroxylation is 1. The van der Waals surface area contributed by atoms with Crippen molar-refractivity contribution in [2.75, 3.05) is 23.9 Å². The van der Waals surface area contributed by atoms with Crippen LogP contribution in [0, 0.1) is 6.92 Å². The molecule has 0 aliphatic carbocycles. The summed E-state index contributed by atoms with van der Waals surface area (Å²) in [5.74, 6) is -0.883. The number of hydrogen-bond donors (Lipinski definition) is 1. The number of anilines is 2. The van der Waals surface area contributed by atoms with Gasteiger partial charge < -0.3 is 15.0 Å². The molecule has 6 heteroatoms. The molecule has 1 N–H and O–H groups in total. The minimum absolute atomic E-state index is 0.135. The monoisotopic (exact) mass is 354 g/mol. The van der Waals surface area contributed by atoms with E-state index in [2.05, 4.69) is 5.32 Å². The first-order valence-electron chi connectivity index (χ1n) is 8.23. The average molecular weight is 354 g/mol. The molecule has 6 nitrogen and oxygen atoms in total. The Balaban J connectivity index is 2.04. The Labute approximate surface area is 152 Å². The summed E-state index contributed by atoms with van der Waals surface area (Å²) < 4.78 is 4.70. The second-order valence-corrected chi connectivity index (χ2v) is 5.88. The number of nitrogens with one attached hydrogen (secondary N) is 1. The molecule has 0 aliphatic rings. The smallest absolute Gasteiger partial charge is 0.337 e. The van der Waals surface area contributed by atoms with Crippen LogP contribution in [0.25, 0.3) is 0 Å². The third kappa shape index (κ3) is 5.17. The SMILES string of the molecule is COC(=O)c1cccc(N(CCC(=O)Nc2ccc(C)cc2)C(C)=O)c1. The molecule has 2 rings (SSSR count). The van der Waals surface area contributed by atoms with Crippen molar-refractivity contribution in [3.05, 3.63) is 59.7 Å². The zero-order valence-electron chi connectivity index (χ0n) is 15.1. The quantitative estimate of drug-likeness (QED) is 0.809. The number of esters is 1. The van der Waals surface area contributed by atoms with E-state index in [1.807, 2.05) is 31.2 Å². The van der Waals surface area contributed by atoms with E-state index >= 15 is 0 Å². The average Bonchev–Trinajstić information content (AvgIpc) is 2.63. The molecular weight excluding hydrogens is 332 g/mol. The zero-order valence-corrected chi connectivity index (χ0v) is 15.1. The molecule has 0 aliphatic heterocycles. The first-order chi connectivity index (χ1) is 12.4. The van der Waals surface area contributed by atoms with Gasteiger partial charge in [-0.05, 0) is 37.3 Å². The largest absolute Gasteiger partial charge is 0.465 e. The maximum absolute atomic E-state index is 12.2. The van der Waals surface area contributed by atoms with Crippen LogP contribution in [-0.4, -0.2) is 31.4 Å². The molecule has 0 atom stereocenters. The highest BCUT2D eigenvalue weighted by Crippen LogP contribution is 2.18. The maximum Gasteiger partial charge on any atom is 0.337 e. The van der Waals surface area contributed by atoms with Gasteiger partial charge in [-0.15, -0.1) is 0 Å². The van der Waals surface area contributed by atoms with E-state index in [0.29, 0.717) is 16.9 Å². The molecule has 26 heavy (non-hydrogen) atoms. The number of amides is 2. The van der Waals surface area contributed by atoms with Gasteiger partial charge in [0.05, 0.1) is 12.7 Å². The van der Waals surface area contributed by atoms with E-state index in [9.17, 15) is 14.4 Å². The highest BCUT2D eigenvalue weighted by molar-refractivity contribution is 5.96. The molecule has 2 aromatic carbocycles. The number of methoxy groups -OCH3 is 1. The molecule has 0 unspecified atom stereocenters. The van der Waals surface area contributed by atoms with Crippen molar-refractivity contribution in [3.8, 4) is 0 Å². The van der Waals surface area contributed by atoms with Crippen LogP contribution in [-0.2, 0) is 14.3 Å². The number of ether oxygens (including phenoxy) is 1. The van der Waals surface area contributed by atoms with E-state index in [-0.39, 0.29) is 24.8 Å². The van der Waals surface area contributed by atoms with Crippen molar-refractivity contribution in [2.45, 2.75) is 20.3 Å². The Morgan fingerprint density at radius 1 is 1.08 bits per heavy atom. The number of hydrogen-bond acceptors (Lipinski definition) is 4. The van der Waals surface area contributed by atoms with Gasteiger partial charge in [0.25, 0.3) is 0 Å². The predicted octanol–water partition coefficient (Wildman–Crippen LogP) is 3.16. The summed E-state index contributed by atoms with van der Waals surface area (Å²) in [4.78, 5) is 37.3. The van der Waals surface area contributed by atoms with Crippen molar-refractivity contribution in [3.63, 3.8) is 0 Å². The topological polar surface area (TPSA) is 75.7 Å². The fourth-order valence-electron chi connectivity index (χ4n) is 2.46. The van der Waals surface area contributed by atoms with Gasteiger partial charge in [0, 0.05) is 31.3 Å². The lowest BCUT2D eigenvalue weighted by molar-refractivity contribution is -0.117. The summed E-state index contributed by atoms with van der Waals surface area (Å²) in [6, 6.07) is 14.1. The van der Waals surface area contributed by atoms with Gasteiger partial charge in [0.15, 0.2) is 0 Å². The molecule has 0 saturated heterocycles. The fourth-order valence-corrected chi connectivity index (χ4v) is 2.46. The first-order valence-corrected chi connectivity index (χ1v) is 8.23. The van der Waals surface area contributed by atoms with E-state index in [1.54, 1.807) is 24.3 Å². The van der Waals surface area contributed by atoms with Gasteiger partial charge in [-0.25, -0.2) is 4.79 Å². The lowest BCUT2D eigenvalue weighted by atomic mass is 10.1. The standard InChI is InChI=1S/C20H22N2O4/c1-14-7-9-17(10-8-14)21-19(24)11-12-22(15(2)23)18-6-4-5-16(13-18)20(25)26-3/h4-10,13H,11-12H2,1-3H3,(H,21,24). The summed E-state index contributed by atoms with van der Waals surface area (Å²) in [6.07, 6.45) is 0.135. The van der Waals surface area contributed by atoms with E-state index in [0.717, 1.165) is 5.56 Å². The molecule has 0 fully saturated rings. The lowest BCUT2D eigenvalue weighted by Gasteiger charge is -2.21. The summed E-state index contributed by atoms with van der Waals surface area (Å²) in [5, 5.41) is 2.80. The number of carbonyl (C=O) groups is 3. The van der Waals surface area contributed by atoms with Gasteiger partial charge in [-0.1, -0.05) is 23.8 Å². The van der Waals surface area contributed by atoms with Gasteiger partial charge in [-0.2, -0.15) is 0 Å². The van der Waals surface area contributed by atoms with Crippen molar-refractivity contribution in [2.24, 2.45) is 0 Å². The van der Waals surface area contributed by atoms with E-state index in [1.165, 1.54) is 18.9 Å². The molecule has 0 saturated carbocycles. The van der Waals surface area contributed by atoms with Crippen molar-refractivity contribution in [1.82, 2.24) is 0 Å². The van der Waals surface area contributed by atoms with Crippen molar-refractivity contribution in [1.29, 1.82) is 0 Å². The van der Waals surface area contributed by atoms with Gasteiger partial charge >= 0.3 is 5.97 Å². The van der Waals surface area contributed by atoms with Crippen LogP contribution in [0.3, 0.4) is 0 Å². The summed E-state index contributed by atoms with van der Waals surface area (Å²) >= 11 is 0. The zero-order chi connectivity index (χ0) is 19.1. The minimum atomic E-state index is -0.479. The number of rotatable bonds is 6. The molecular formula is C20H22N2O4. The van der Waals surface area contributed by atoms with Crippen LogP contribution in [0.5, 0.6) is 0 Å². The summed E-state index contributed by atoms with van der Waals surface area (Å²) in [7, 11) is 1.30. The van der Waals surface area contributed by atoms with Crippen LogP contribution < -0.4 is 10.2 Å². The first kappa shape index (κ1) is 19.2.